The zero-order chi connectivity index (χ0) is 15.4. The Morgan fingerprint density at radius 1 is 0.409 bits per heavy atom. The molecule has 0 saturated heterocycles. The fourth-order valence-corrected chi connectivity index (χ4v) is 5.53. The van der Waals surface area contributed by atoms with Crippen molar-refractivity contribution >= 4 is 71.0 Å². The van der Waals surface area contributed by atoms with Crippen LogP contribution in [0.4, 0.5) is 0 Å². The summed E-state index contributed by atoms with van der Waals surface area (Å²) >= 11 is 12.5. The molecule has 0 fully saturated rings. The molecule has 3 aromatic carbocycles. The van der Waals surface area contributed by atoms with E-state index in [2.05, 4.69) is 48.5 Å². The molecule has 3 aromatic rings. The van der Waals surface area contributed by atoms with Crippen LogP contribution in [0, 0.1) is 0 Å². The predicted molar refractivity (Wildman–Crippen MR) is 99.4 cm³/mol. The van der Waals surface area contributed by atoms with Crippen LogP contribution in [-0.2, 0) is 0 Å². The van der Waals surface area contributed by atoms with Gasteiger partial charge < -0.3 is 0 Å². The Morgan fingerprint density at radius 3 is 0.909 bits per heavy atom. The van der Waals surface area contributed by atoms with E-state index in [-0.39, 0.29) is 0 Å². The van der Waals surface area contributed by atoms with Crippen LogP contribution in [0.3, 0.4) is 0 Å². The quantitative estimate of drug-likeness (QED) is 0.528. The average molecular weight is 457 g/mol. The van der Waals surface area contributed by atoms with Crippen LogP contribution in [0.2, 0.25) is 10.0 Å². The third kappa shape index (κ3) is 4.64. The normalized spacial score (nSPS) is 10.6. The maximum atomic E-state index is 5.92. The molecular formula is C18H12Cl2Se2. The number of rotatable bonds is 4. The molecule has 0 aromatic heterocycles. The molecule has 0 saturated carbocycles. The van der Waals surface area contributed by atoms with Gasteiger partial charge in [0.25, 0.3) is 0 Å². The van der Waals surface area contributed by atoms with E-state index in [4.69, 9.17) is 23.2 Å². The van der Waals surface area contributed by atoms with Crippen LogP contribution >= 0.6 is 23.2 Å². The second-order valence-electron chi connectivity index (χ2n) is 4.58. The molecule has 0 heterocycles. The summed E-state index contributed by atoms with van der Waals surface area (Å²) in [6, 6.07) is 25.2. The van der Waals surface area contributed by atoms with Crippen LogP contribution in [0.1, 0.15) is 0 Å². The fraction of sp³-hybridized carbons (Fsp3) is 0. The number of hydrogen-bond acceptors (Lipinski definition) is 0. The Morgan fingerprint density at radius 2 is 0.636 bits per heavy atom. The Kier molecular flexibility index (Phi) is 5.65. The molecule has 3 rings (SSSR count). The van der Waals surface area contributed by atoms with Gasteiger partial charge in [-0.3, -0.25) is 0 Å². The van der Waals surface area contributed by atoms with E-state index in [9.17, 15) is 0 Å². The first kappa shape index (κ1) is 16.1. The van der Waals surface area contributed by atoms with Crippen molar-refractivity contribution in [3.8, 4) is 0 Å². The van der Waals surface area contributed by atoms with Crippen LogP contribution < -0.4 is 17.8 Å². The van der Waals surface area contributed by atoms with E-state index in [1.807, 2.05) is 24.3 Å². The molecule has 0 aliphatic carbocycles. The van der Waals surface area contributed by atoms with E-state index < -0.39 is 0 Å². The molecule has 110 valence electrons. The van der Waals surface area contributed by atoms with Gasteiger partial charge in [-0.1, -0.05) is 0 Å². The second kappa shape index (κ2) is 7.70. The van der Waals surface area contributed by atoms with Crippen molar-refractivity contribution in [2.45, 2.75) is 0 Å². The molecule has 0 unspecified atom stereocenters. The van der Waals surface area contributed by atoms with E-state index in [1.165, 1.54) is 17.8 Å². The summed E-state index contributed by atoms with van der Waals surface area (Å²) in [6.07, 6.45) is 0. The molecular weight excluding hydrogens is 445 g/mol. The minimum atomic E-state index is 0.330. The molecule has 0 spiro atoms. The Balaban J connectivity index is 1.67. The number of benzene rings is 3. The molecule has 0 N–H and O–H groups in total. The van der Waals surface area contributed by atoms with Crippen molar-refractivity contribution in [2.24, 2.45) is 0 Å². The van der Waals surface area contributed by atoms with Crippen molar-refractivity contribution in [3.05, 3.63) is 82.8 Å². The number of hydrogen-bond donors (Lipinski definition) is 0. The van der Waals surface area contributed by atoms with Crippen LogP contribution in [0.15, 0.2) is 72.8 Å². The van der Waals surface area contributed by atoms with Gasteiger partial charge in [0, 0.05) is 0 Å². The SMILES string of the molecule is Clc1ccc([Se]c2ccc([Se]c3ccc(Cl)cc3)cc2)cc1. The topological polar surface area (TPSA) is 0 Å². The number of halogens is 2. The van der Waals surface area contributed by atoms with E-state index in [1.54, 1.807) is 0 Å². The third-order valence-corrected chi connectivity index (χ3v) is 7.69. The minimum absolute atomic E-state index is 0.330. The Labute approximate surface area is 153 Å². The van der Waals surface area contributed by atoms with Crippen molar-refractivity contribution in [3.63, 3.8) is 0 Å². The van der Waals surface area contributed by atoms with Gasteiger partial charge in [0.2, 0.25) is 0 Å². The maximum absolute atomic E-state index is 5.92. The van der Waals surface area contributed by atoms with E-state index in [0.29, 0.717) is 29.9 Å². The van der Waals surface area contributed by atoms with Crippen LogP contribution in [-0.4, -0.2) is 29.9 Å². The molecule has 0 atom stereocenters. The van der Waals surface area contributed by atoms with E-state index >= 15 is 0 Å². The summed E-state index contributed by atoms with van der Waals surface area (Å²) in [5.41, 5.74) is 0. The first-order valence-electron chi connectivity index (χ1n) is 6.66. The summed E-state index contributed by atoms with van der Waals surface area (Å²) in [5, 5.41) is 1.58. The van der Waals surface area contributed by atoms with Gasteiger partial charge >= 0.3 is 154 Å². The average Bonchev–Trinajstić information content (AvgIpc) is 2.54. The standard InChI is InChI=1S/C18H12Cl2Se2/c19-13-1-5-15(6-2-13)21-17-9-11-18(12-10-17)22-16-7-3-14(20)4-8-16/h1-12H. The van der Waals surface area contributed by atoms with Gasteiger partial charge in [0.1, 0.15) is 0 Å². The first-order valence-corrected chi connectivity index (χ1v) is 10.8. The van der Waals surface area contributed by atoms with Gasteiger partial charge in [-0.15, -0.1) is 0 Å². The second-order valence-corrected chi connectivity index (χ2v) is 10.3. The van der Waals surface area contributed by atoms with Gasteiger partial charge in [0.15, 0.2) is 0 Å². The Bertz CT molecular complexity index is 669. The van der Waals surface area contributed by atoms with Gasteiger partial charge in [-0.2, -0.15) is 0 Å². The summed E-state index contributed by atoms with van der Waals surface area (Å²) in [4.78, 5) is 0. The summed E-state index contributed by atoms with van der Waals surface area (Å²) in [6.45, 7) is 0. The van der Waals surface area contributed by atoms with Crippen LogP contribution in [0.25, 0.3) is 0 Å². The molecule has 0 nitrogen and oxygen atoms in total. The van der Waals surface area contributed by atoms with Crippen molar-refractivity contribution in [2.75, 3.05) is 0 Å². The molecule has 4 heteroatoms. The Hall–Kier alpha value is -0.721. The predicted octanol–water partition coefficient (Wildman–Crippen LogP) is 2.30. The third-order valence-electron chi connectivity index (χ3n) is 2.92. The molecule has 0 bridgehead atoms. The summed E-state index contributed by atoms with van der Waals surface area (Å²) in [7, 11) is 0. The van der Waals surface area contributed by atoms with Gasteiger partial charge in [0.05, 0.1) is 0 Å². The zero-order valence-corrected chi connectivity index (χ0v) is 16.4. The molecule has 0 aliphatic heterocycles. The van der Waals surface area contributed by atoms with E-state index in [0.717, 1.165) is 10.0 Å². The van der Waals surface area contributed by atoms with Crippen molar-refractivity contribution in [1.82, 2.24) is 0 Å². The van der Waals surface area contributed by atoms with Gasteiger partial charge in [-0.25, -0.2) is 0 Å². The monoisotopic (exact) mass is 458 g/mol. The fourth-order valence-electron chi connectivity index (χ4n) is 1.85. The molecule has 0 amide bonds. The molecule has 0 aliphatic rings. The summed E-state index contributed by atoms with van der Waals surface area (Å²) < 4.78 is 5.44. The van der Waals surface area contributed by atoms with Crippen molar-refractivity contribution in [1.29, 1.82) is 0 Å². The summed E-state index contributed by atoms with van der Waals surface area (Å²) in [5.74, 6) is 0. The van der Waals surface area contributed by atoms with Crippen molar-refractivity contribution < 1.29 is 0 Å². The molecule has 22 heavy (non-hydrogen) atoms. The zero-order valence-electron chi connectivity index (χ0n) is 11.5. The molecule has 0 radical (unpaired) electrons. The van der Waals surface area contributed by atoms with Crippen LogP contribution in [0.5, 0.6) is 0 Å². The van der Waals surface area contributed by atoms with Gasteiger partial charge in [-0.05, 0) is 0 Å². The first-order chi connectivity index (χ1) is 10.7.